The summed E-state index contributed by atoms with van der Waals surface area (Å²) in [7, 11) is 1.36. The number of hydrogen-bond donors (Lipinski definition) is 0. The minimum absolute atomic E-state index is 0.0164. The van der Waals surface area contributed by atoms with E-state index >= 15 is 0 Å². The largest absolute Gasteiger partial charge is 0.465 e. The highest BCUT2D eigenvalue weighted by atomic mass is 32.2. The van der Waals surface area contributed by atoms with Crippen LogP contribution in [0.1, 0.15) is 15.2 Å². The van der Waals surface area contributed by atoms with Crippen LogP contribution < -0.4 is 0 Å². The number of carbonyl (C=O) groups is 2. The van der Waals surface area contributed by atoms with Crippen LogP contribution in [-0.4, -0.2) is 29.3 Å². The molecule has 0 radical (unpaired) electrons. The lowest BCUT2D eigenvalue weighted by Crippen LogP contribution is -2.05. The maximum atomic E-state index is 12.3. The Morgan fingerprint density at radius 2 is 1.64 bits per heavy atom. The molecule has 0 atom stereocenters. The molecular formula is C20H15NO3S. The molecule has 0 spiro atoms. The molecule has 2 aromatic carbocycles. The first-order chi connectivity index (χ1) is 12.2. The number of methoxy groups -OCH3 is 1. The Morgan fingerprint density at radius 1 is 1.00 bits per heavy atom. The van der Waals surface area contributed by atoms with Crippen molar-refractivity contribution in [1.82, 2.24) is 4.57 Å². The molecule has 124 valence electrons. The molecule has 25 heavy (non-hydrogen) atoms. The van der Waals surface area contributed by atoms with Crippen LogP contribution in [0.15, 0.2) is 65.8 Å². The van der Waals surface area contributed by atoms with Crippen molar-refractivity contribution < 1.29 is 14.3 Å². The monoisotopic (exact) mass is 349 g/mol. The first kappa shape index (κ1) is 15.7. The fourth-order valence-electron chi connectivity index (χ4n) is 3.01. The van der Waals surface area contributed by atoms with E-state index in [0.29, 0.717) is 16.3 Å². The molecule has 1 aliphatic rings. The Labute approximate surface area is 149 Å². The Kier molecular flexibility index (Phi) is 3.93. The molecular weight excluding hydrogens is 334 g/mol. The van der Waals surface area contributed by atoms with E-state index in [1.165, 1.54) is 18.9 Å². The van der Waals surface area contributed by atoms with Gasteiger partial charge >= 0.3 is 5.97 Å². The second kappa shape index (κ2) is 6.26. The number of nitrogens with zero attached hydrogens (tertiary/aromatic N) is 1. The van der Waals surface area contributed by atoms with Gasteiger partial charge in [-0.1, -0.05) is 66.4 Å². The molecule has 3 aromatic rings. The molecule has 0 fully saturated rings. The summed E-state index contributed by atoms with van der Waals surface area (Å²) in [6.45, 7) is 0. The Balaban J connectivity index is 1.79. The van der Waals surface area contributed by atoms with Crippen molar-refractivity contribution >= 4 is 23.6 Å². The Bertz CT molecular complexity index is 959. The van der Waals surface area contributed by atoms with E-state index in [-0.39, 0.29) is 5.91 Å². The van der Waals surface area contributed by atoms with Crippen LogP contribution in [0.3, 0.4) is 0 Å². The second-order valence-electron chi connectivity index (χ2n) is 5.71. The number of rotatable bonds is 3. The molecule has 2 heterocycles. The van der Waals surface area contributed by atoms with Gasteiger partial charge in [0, 0.05) is 11.8 Å². The zero-order chi connectivity index (χ0) is 17.4. The summed E-state index contributed by atoms with van der Waals surface area (Å²) in [6.07, 6.45) is 1.74. The summed E-state index contributed by atoms with van der Waals surface area (Å²) >= 11 is 1.37. The average Bonchev–Trinajstić information content (AvgIpc) is 3.22. The summed E-state index contributed by atoms with van der Waals surface area (Å²) in [5.74, 6) is -0.0811. The molecule has 0 unspecified atom stereocenters. The standard InChI is InChI=1S/C20H15NO3S/c1-24-20(23)18-16(11-21-17(22)12-25-19(18)21)15-9-7-14(8-10-15)13-5-3-2-4-6-13/h2-11H,12H2,1H3. The van der Waals surface area contributed by atoms with Gasteiger partial charge in [-0.05, 0) is 16.7 Å². The van der Waals surface area contributed by atoms with Crippen molar-refractivity contribution in [2.75, 3.05) is 12.9 Å². The Hall–Kier alpha value is -2.79. The van der Waals surface area contributed by atoms with Crippen LogP contribution in [0.4, 0.5) is 0 Å². The van der Waals surface area contributed by atoms with Crippen molar-refractivity contribution in [3.05, 3.63) is 66.4 Å². The molecule has 1 aromatic heterocycles. The number of fused-ring (bicyclic) bond motifs is 1. The Morgan fingerprint density at radius 3 is 2.32 bits per heavy atom. The van der Waals surface area contributed by atoms with E-state index in [2.05, 4.69) is 12.1 Å². The molecule has 0 N–H and O–H groups in total. The summed E-state index contributed by atoms with van der Waals surface area (Å²) in [4.78, 5) is 24.3. The van der Waals surface area contributed by atoms with Crippen LogP contribution in [-0.2, 0) is 4.74 Å². The molecule has 0 bridgehead atoms. The predicted octanol–water partition coefficient (Wildman–Crippen LogP) is 4.35. The molecule has 0 aliphatic carbocycles. The lowest BCUT2D eigenvalue weighted by atomic mass is 10.00. The minimum Gasteiger partial charge on any atom is -0.465 e. The van der Waals surface area contributed by atoms with E-state index in [1.807, 2.05) is 42.5 Å². The van der Waals surface area contributed by atoms with Crippen LogP contribution >= 0.6 is 11.8 Å². The van der Waals surface area contributed by atoms with Gasteiger partial charge in [-0.2, -0.15) is 0 Å². The summed E-state index contributed by atoms with van der Waals surface area (Å²) in [5.41, 5.74) is 4.30. The quantitative estimate of drug-likeness (QED) is 0.660. The van der Waals surface area contributed by atoms with Gasteiger partial charge in [0.25, 0.3) is 0 Å². The van der Waals surface area contributed by atoms with Crippen molar-refractivity contribution in [1.29, 1.82) is 0 Å². The average molecular weight is 349 g/mol. The number of hydrogen-bond acceptors (Lipinski definition) is 4. The van der Waals surface area contributed by atoms with Gasteiger partial charge in [-0.3, -0.25) is 9.36 Å². The van der Waals surface area contributed by atoms with E-state index in [4.69, 9.17) is 4.74 Å². The molecule has 4 rings (SSSR count). The van der Waals surface area contributed by atoms with Crippen molar-refractivity contribution in [3.63, 3.8) is 0 Å². The van der Waals surface area contributed by atoms with Gasteiger partial charge in [0.05, 0.1) is 23.5 Å². The zero-order valence-corrected chi connectivity index (χ0v) is 14.4. The van der Waals surface area contributed by atoms with E-state index in [9.17, 15) is 9.59 Å². The number of aromatic nitrogens is 1. The smallest absolute Gasteiger partial charge is 0.341 e. The fraction of sp³-hybridized carbons (Fsp3) is 0.100. The number of benzene rings is 2. The lowest BCUT2D eigenvalue weighted by Gasteiger charge is -2.06. The molecule has 0 saturated carbocycles. The van der Waals surface area contributed by atoms with Crippen molar-refractivity contribution in [2.45, 2.75) is 5.03 Å². The van der Waals surface area contributed by atoms with E-state index < -0.39 is 5.97 Å². The van der Waals surface area contributed by atoms with Gasteiger partial charge in [0.1, 0.15) is 0 Å². The third-order valence-corrected chi connectivity index (χ3v) is 5.32. The van der Waals surface area contributed by atoms with Crippen molar-refractivity contribution in [3.8, 4) is 22.3 Å². The second-order valence-corrected chi connectivity index (χ2v) is 6.67. The fourth-order valence-corrected chi connectivity index (χ4v) is 4.04. The van der Waals surface area contributed by atoms with Crippen LogP contribution in [0.2, 0.25) is 0 Å². The summed E-state index contributed by atoms with van der Waals surface area (Å²) in [5, 5.41) is 0.666. The number of thioether (sulfide) groups is 1. The van der Waals surface area contributed by atoms with Gasteiger partial charge in [0.15, 0.2) is 0 Å². The van der Waals surface area contributed by atoms with Crippen LogP contribution in [0.5, 0.6) is 0 Å². The predicted molar refractivity (Wildman–Crippen MR) is 98.0 cm³/mol. The molecule has 4 nitrogen and oxygen atoms in total. The first-order valence-electron chi connectivity index (χ1n) is 7.84. The zero-order valence-electron chi connectivity index (χ0n) is 13.6. The van der Waals surface area contributed by atoms with E-state index in [0.717, 1.165) is 22.3 Å². The molecule has 0 saturated heterocycles. The van der Waals surface area contributed by atoms with Crippen molar-refractivity contribution in [2.24, 2.45) is 0 Å². The number of ether oxygens (including phenoxy) is 1. The summed E-state index contributed by atoms with van der Waals surface area (Å²) < 4.78 is 6.49. The van der Waals surface area contributed by atoms with Gasteiger partial charge in [0.2, 0.25) is 5.91 Å². The van der Waals surface area contributed by atoms with Crippen LogP contribution in [0.25, 0.3) is 22.3 Å². The first-order valence-corrected chi connectivity index (χ1v) is 8.83. The van der Waals surface area contributed by atoms with Gasteiger partial charge in [-0.15, -0.1) is 0 Å². The highest BCUT2D eigenvalue weighted by Gasteiger charge is 2.30. The normalized spacial score (nSPS) is 12.9. The number of esters is 1. The van der Waals surface area contributed by atoms with Gasteiger partial charge < -0.3 is 4.74 Å². The minimum atomic E-state index is -0.418. The van der Waals surface area contributed by atoms with E-state index in [1.54, 1.807) is 10.8 Å². The SMILES string of the molecule is COC(=O)c1c(-c2ccc(-c3ccccc3)cc2)cn2c1SCC2=O. The summed E-state index contributed by atoms with van der Waals surface area (Å²) in [6, 6.07) is 18.1. The lowest BCUT2D eigenvalue weighted by molar-refractivity contribution is 0.0597. The van der Waals surface area contributed by atoms with Crippen LogP contribution in [0, 0.1) is 0 Å². The third kappa shape index (κ3) is 2.66. The maximum Gasteiger partial charge on any atom is 0.341 e. The highest BCUT2D eigenvalue weighted by molar-refractivity contribution is 8.00. The number of carbonyl (C=O) groups excluding carboxylic acids is 2. The topological polar surface area (TPSA) is 48.3 Å². The highest BCUT2D eigenvalue weighted by Crippen LogP contribution is 2.38. The molecule has 0 amide bonds. The maximum absolute atomic E-state index is 12.3. The molecule has 1 aliphatic heterocycles. The molecule has 5 heteroatoms. The van der Waals surface area contributed by atoms with Gasteiger partial charge in [-0.25, -0.2) is 4.79 Å². The third-order valence-electron chi connectivity index (χ3n) is 4.25.